The van der Waals surface area contributed by atoms with Gasteiger partial charge in [-0.3, -0.25) is 0 Å². The van der Waals surface area contributed by atoms with Crippen LogP contribution in [0.2, 0.25) is 0 Å². The van der Waals surface area contributed by atoms with Gasteiger partial charge in [-0.25, -0.2) is 4.39 Å². The van der Waals surface area contributed by atoms with E-state index in [0.29, 0.717) is 6.54 Å². The smallest absolute Gasteiger partial charge is 0.125 e. The molecular formula is C16H14FNS. The number of hydrogen-bond acceptors (Lipinski definition) is 2. The SMILES string of the molecule is Cc1ccc(F)cc1NCc1csc2ccccc12. The highest BCUT2D eigenvalue weighted by molar-refractivity contribution is 7.17. The monoisotopic (exact) mass is 271 g/mol. The fraction of sp³-hybridized carbons (Fsp3) is 0.125. The number of aryl methyl sites for hydroxylation is 1. The summed E-state index contributed by atoms with van der Waals surface area (Å²) in [6.45, 7) is 2.70. The Kier molecular flexibility index (Phi) is 3.22. The number of fused-ring (bicyclic) bond motifs is 1. The highest BCUT2D eigenvalue weighted by Gasteiger charge is 2.04. The van der Waals surface area contributed by atoms with Crippen LogP contribution in [0.25, 0.3) is 10.1 Å². The molecule has 0 fully saturated rings. The van der Waals surface area contributed by atoms with E-state index in [1.165, 1.54) is 21.7 Å². The largest absolute Gasteiger partial charge is 0.381 e. The van der Waals surface area contributed by atoms with Gasteiger partial charge in [0, 0.05) is 16.9 Å². The predicted molar refractivity (Wildman–Crippen MR) is 80.3 cm³/mol. The second kappa shape index (κ2) is 5.02. The second-order valence-corrected chi connectivity index (χ2v) is 5.48. The molecule has 3 rings (SSSR count). The first-order valence-electron chi connectivity index (χ1n) is 6.19. The molecule has 0 aliphatic heterocycles. The van der Waals surface area contributed by atoms with Crippen molar-refractivity contribution in [1.29, 1.82) is 0 Å². The molecule has 1 nitrogen and oxygen atoms in total. The molecule has 0 amide bonds. The lowest BCUT2D eigenvalue weighted by Crippen LogP contribution is -2.00. The number of halogens is 1. The van der Waals surface area contributed by atoms with E-state index in [9.17, 15) is 4.39 Å². The molecule has 0 atom stereocenters. The van der Waals surface area contributed by atoms with Crippen LogP contribution >= 0.6 is 11.3 Å². The van der Waals surface area contributed by atoms with Crippen LogP contribution in [0.3, 0.4) is 0 Å². The van der Waals surface area contributed by atoms with Gasteiger partial charge in [0.2, 0.25) is 0 Å². The first kappa shape index (κ1) is 12.2. The Labute approximate surface area is 115 Å². The lowest BCUT2D eigenvalue weighted by Gasteiger charge is -2.09. The normalized spacial score (nSPS) is 10.8. The Morgan fingerprint density at radius 2 is 2.00 bits per heavy atom. The number of anilines is 1. The summed E-state index contributed by atoms with van der Waals surface area (Å²) in [5.74, 6) is -0.205. The topological polar surface area (TPSA) is 12.0 Å². The maximum atomic E-state index is 13.2. The van der Waals surface area contributed by atoms with Crippen molar-refractivity contribution in [2.24, 2.45) is 0 Å². The minimum absolute atomic E-state index is 0.205. The van der Waals surface area contributed by atoms with Crippen LogP contribution in [-0.2, 0) is 6.54 Å². The maximum absolute atomic E-state index is 13.2. The lowest BCUT2D eigenvalue weighted by molar-refractivity contribution is 0.628. The van der Waals surface area contributed by atoms with Crippen LogP contribution in [0.4, 0.5) is 10.1 Å². The minimum Gasteiger partial charge on any atom is -0.381 e. The number of rotatable bonds is 3. The summed E-state index contributed by atoms with van der Waals surface area (Å²) in [7, 11) is 0. The van der Waals surface area contributed by atoms with Crippen molar-refractivity contribution in [3.63, 3.8) is 0 Å². The van der Waals surface area contributed by atoms with Crippen LogP contribution in [0, 0.1) is 12.7 Å². The molecule has 0 aliphatic carbocycles. The van der Waals surface area contributed by atoms with Crippen molar-refractivity contribution in [3.8, 4) is 0 Å². The zero-order valence-electron chi connectivity index (χ0n) is 10.6. The van der Waals surface area contributed by atoms with Crippen LogP contribution in [0.5, 0.6) is 0 Å². The molecule has 1 heterocycles. The van der Waals surface area contributed by atoms with E-state index in [2.05, 4.69) is 22.8 Å². The molecule has 0 saturated carbocycles. The summed E-state index contributed by atoms with van der Waals surface area (Å²) >= 11 is 1.74. The molecule has 0 spiro atoms. The predicted octanol–water partition coefficient (Wildman–Crippen LogP) is 4.96. The highest BCUT2D eigenvalue weighted by Crippen LogP contribution is 2.26. The Bertz CT molecular complexity index is 718. The molecule has 1 aromatic heterocycles. The lowest BCUT2D eigenvalue weighted by atomic mass is 10.1. The fourth-order valence-electron chi connectivity index (χ4n) is 2.14. The summed E-state index contributed by atoms with van der Waals surface area (Å²) in [6.07, 6.45) is 0. The van der Waals surface area contributed by atoms with Gasteiger partial charge in [-0.1, -0.05) is 24.3 Å². The Morgan fingerprint density at radius 1 is 1.16 bits per heavy atom. The fourth-order valence-corrected chi connectivity index (χ4v) is 3.11. The average molecular weight is 271 g/mol. The molecule has 1 N–H and O–H groups in total. The molecule has 96 valence electrons. The van der Waals surface area contributed by atoms with E-state index < -0.39 is 0 Å². The quantitative estimate of drug-likeness (QED) is 0.710. The van der Waals surface area contributed by atoms with Crippen molar-refractivity contribution in [2.75, 3.05) is 5.32 Å². The minimum atomic E-state index is -0.205. The van der Waals surface area contributed by atoms with Gasteiger partial charge in [-0.15, -0.1) is 11.3 Å². The van der Waals surface area contributed by atoms with Crippen molar-refractivity contribution < 1.29 is 4.39 Å². The maximum Gasteiger partial charge on any atom is 0.125 e. The molecule has 19 heavy (non-hydrogen) atoms. The third kappa shape index (κ3) is 2.47. The zero-order valence-corrected chi connectivity index (χ0v) is 11.4. The molecule has 3 heteroatoms. The molecule has 0 radical (unpaired) electrons. The van der Waals surface area contributed by atoms with Gasteiger partial charge >= 0.3 is 0 Å². The van der Waals surface area contributed by atoms with Gasteiger partial charge in [0.1, 0.15) is 5.82 Å². The molecule has 0 aliphatic rings. The third-order valence-corrected chi connectivity index (χ3v) is 4.24. The van der Waals surface area contributed by atoms with Crippen LogP contribution in [0.15, 0.2) is 47.8 Å². The van der Waals surface area contributed by atoms with Crippen molar-refractivity contribution in [3.05, 3.63) is 64.8 Å². The van der Waals surface area contributed by atoms with Gasteiger partial charge in [0.25, 0.3) is 0 Å². The number of thiophene rings is 1. The van der Waals surface area contributed by atoms with Gasteiger partial charge in [0.05, 0.1) is 0 Å². The molecule has 0 unspecified atom stereocenters. The van der Waals surface area contributed by atoms with Gasteiger partial charge in [-0.05, 0) is 47.0 Å². The Balaban J connectivity index is 1.84. The standard InChI is InChI=1S/C16H14FNS/c1-11-6-7-13(17)8-15(11)18-9-12-10-19-16-5-3-2-4-14(12)16/h2-8,10,18H,9H2,1H3. The second-order valence-electron chi connectivity index (χ2n) is 4.57. The first-order chi connectivity index (χ1) is 9.24. The first-order valence-corrected chi connectivity index (χ1v) is 7.07. The number of nitrogens with one attached hydrogen (secondary N) is 1. The zero-order chi connectivity index (χ0) is 13.2. The van der Waals surface area contributed by atoms with Gasteiger partial charge in [0.15, 0.2) is 0 Å². The Hall–Kier alpha value is -1.87. The Morgan fingerprint density at radius 3 is 2.89 bits per heavy atom. The van der Waals surface area contributed by atoms with Crippen LogP contribution < -0.4 is 5.32 Å². The van der Waals surface area contributed by atoms with E-state index in [4.69, 9.17) is 0 Å². The van der Waals surface area contributed by atoms with Crippen molar-refractivity contribution >= 4 is 27.1 Å². The molecule has 0 bridgehead atoms. The van der Waals surface area contributed by atoms with Crippen molar-refractivity contribution in [2.45, 2.75) is 13.5 Å². The number of hydrogen-bond donors (Lipinski definition) is 1. The van der Waals surface area contributed by atoms with Gasteiger partial charge in [-0.2, -0.15) is 0 Å². The summed E-state index contributed by atoms with van der Waals surface area (Å²) in [5.41, 5.74) is 3.17. The van der Waals surface area contributed by atoms with Crippen molar-refractivity contribution in [1.82, 2.24) is 0 Å². The summed E-state index contributed by atoms with van der Waals surface area (Å²) in [5, 5.41) is 6.75. The molecule has 0 saturated heterocycles. The molecular weight excluding hydrogens is 257 g/mol. The van der Waals surface area contributed by atoms with Crippen LogP contribution in [-0.4, -0.2) is 0 Å². The van der Waals surface area contributed by atoms with E-state index in [-0.39, 0.29) is 5.82 Å². The van der Waals surface area contributed by atoms with Crippen LogP contribution in [0.1, 0.15) is 11.1 Å². The molecule has 2 aromatic carbocycles. The van der Waals surface area contributed by atoms with E-state index in [1.807, 2.05) is 19.1 Å². The number of benzene rings is 2. The summed E-state index contributed by atoms with van der Waals surface area (Å²) in [6, 6.07) is 13.2. The van der Waals surface area contributed by atoms with E-state index in [0.717, 1.165) is 11.3 Å². The summed E-state index contributed by atoms with van der Waals surface area (Å²) < 4.78 is 14.5. The highest BCUT2D eigenvalue weighted by atomic mass is 32.1. The van der Waals surface area contributed by atoms with E-state index in [1.54, 1.807) is 23.5 Å². The summed E-state index contributed by atoms with van der Waals surface area (Å²) in [4.78, 5) is 0. The average Bonchev–Trinajstić information content (AvgIpc) is 2.83. The van der Waals surface area contributed by atoms with Gasteiger partial charge < -0.3 is 5.32 Å². The van der Waals surface area contributed by atoms with E-state index >= 15 is 0 Å². The third-order valence-electron chi connectivity index (χ3n) is 3.23. The molecule has 3 aromatic rings.